The minimum absolute atomic E-state index is 0.0495. The van der Waals surface area contributed by atoms with Gasteiger partial charge < -0.3 is 24.8 Å². The summed E-state index contributed by atoms with van der Waals surface area (Å²) in [5.41, 5.74) is -1.08. The molecule has 1 aliphatic heterocycles. The van der Waals surface area contributed by atoms with Crippen molar-refractivity contribution >= 4 is 0 Å². The van der Waals surface area contributed by atoms with Crippen LogP contribution in [0, 0.1) is 40.4 Å². The predicted octanol–water partition coefficient (Wildman–Crippen LogP) is 0.877. The molecular weight excluding hydrogens is 370 g/mol. The van der Waals surface area contributed by atoms with Crippen LogP contribution in [0.1, 0.15) is 39.0 Å². The SMILES string of the molecule is CCN1C[C@@]2(COC)CC[C@@H](O)[C@@]34[C@@H]1[C@@H](C[C@@H]23)[C@]1(O)C[C@H](OC)[C@@H]2C[C@H]4[C@H]1[C@H]2O. The summed E-state index contributed by atoms with van der Waals surface area (Å²) in [5, 5.41) is 35.2. The van der Waals surface area contributed by atoms with Gasteiger partial charge in [0.15, 0.2) is 0 Å². The largest absolute Gasteiger partial charge is 0.392 e. The number of nitrogens with zero attached hydrogens (tertiary/aromatic N) is 1. The van der Waals surface area contributed by atoms with Crippen molar-refractivity contribution in [2.45, 2.75) is 69.0 Å². The summed E-state index contributed by atoms with van der Waals surface area (Å²) >= 11 is 0. The fourth-order valence-electron chi connectivity index (χ4n) is 10.4. The highest BCUT2D eigenvalue weighted by Crippen LogP contribution is 2.78. The lowest BCUT2D eigenvalue weighted by Crippen LogP contribution is -2.76. The van der Waals surface area contributed by atoms with E-state index in [0.29, 0.717) is 12.3 Å². The Morgan fingerprint density at radius 1 is 1.14 bits per heavy atom. The van der Waals surface area contributed by atoms with Crippen LogP contribution in [0.5, 0.6) is 0 Å². The monoisotopic (exact) mass is 407 g/mol. The lowest BCUT2D eigenvalue weighted by Gasteiger charge is -2.69. The van der Waals surface area contributed by atoms with Crippen LogP contribution in [0.4, 0.5) is 0 Å². The second-order valence-corrected chi connectivity index (χ2v) is 11.2. The third kappa shape index (κ3) is 1.93. The van der Waals surface area contributed by atoms with E-state index in [1.54, 1.807) is 14.2 Å². The second kappa shape index (κ2) is 5.96. The standard InChI is InChI=1S/C23H37NO5/c1-4-24-10-21(11-28-2)6-5-17(25)23-13-7-12-15(29-3)9-22(27,18(13)19(12)26)14(20(23)24)8-16(21)23/h12-20,25-27H,4-11H2,1-3H3/t12-,13-,14+,15-,16-,17+,18-,19-,20-,21+,22+,23-/m0/s1. The molecule has 5 aliphatic carbocycles. The molecule has 0 radical (unpaired) electrons. The molecule has 1 spiro atoms. The van der Waals surface area contributed by atoms with Gasteiger partial charge in [0.1, 0.15) is 0 Å². The quantitative estimate of drug-likeness (QED) is 0.642. The molecule has 29 heavy (non-hydrogen) atoms. The van der Waals surface area contributed by atoms with Crippen LogP contribution in [-0.2, 0) is 9.47 Å². The van der Waals surface area contributed by atoms with Crippen molar-refractivity contribution < 1.29 is 24.8 Å². The fourth-order valence-corrected chi connectivity index (χ4v) is 10.4. The van der Waals surface area contributed by atoms with Crippen molar-refractivity contribution in [1.82, 2.24) is 4.90 Å². The molecule has 164 valence electrons. The van der Waals surface area contributed by atoms with E-state index in [9.17, 15) is 15.3 Å². The third-order valence-electron chi connectivity index (χ3n) is 10.9. The van der Waals surface area contributed by atoms with Crippen molar-refractivity contribution in [3.63, 3.8) is 0 Å². The number of methoxy groups -OCH3 is 2. The molecule has 6 fully saturated rings. The smallest absolute Gasteiger partial charge is 0.0771 e. The van der Waals surface area contributed by atoms with Gasteiger partial charge in [-0.15, -0.1) is 0 Å². The zero-order valence-electron chi connectivity index (χ0n) is 18.0. The fraction of sp³-hybridized carbons (Fsp3) is 1.00. The number of aliphatic hydroxyl groups is 3. The zero-order valence-corrected chi connectivity index (χ0v) is 18.0. The van der Waals surface area contributed by atoms with Crippen LogP contribution < -0.4 is 0 Å². The molecule has 1 saturated heterocycles. The van der Waals surface area contributed by atoms with E-state index < -0.39 is 11.7 Å². The van der Waals surface area contributed by atoms with E-state index in [2.05, 4.69) is 11.8 Å². The van der Waals surface area contributed by atoms with E-state index in [1.807, 2.05) is 0 Å². The first kappa shape index (κ1) is 19.4. The molecule has 3 N–H and O–H groups in total. The lowest BCUT2D eigenvalue weighted by molar-refractivity contribution is -0.272. The number of ether oxygens (including phenoxy) is 2. The Hall–Kier alpha value is -0.240. The Morgan fingerprint density at radius 2 is 1.93 bits per heavy atom. The number of hydrogen-bond acceptors (Lipinski definition) is 6. The first-order valence-corrected chi connectivity index (χ1v) is 11.7. The molecule has 0 aromatic rings. The number of rotatable bonds is 4. The highest BCUT2D eigenvalue weighted by atomic mass is 16.5. The highest BCUT2D eigenvalue weighted by molar-refractivity contribution is 5.33. The number of fused-ring (bicyclic) bond motifs is 2. The Kier molecular flexibility index (Phi) is 4.00. The van der Waals surface area contributed by atoms with E-state index in [1.165, 1.54) is 0 Å². The van der Waals surface area contributed by atoms with Crippen LogP contribution >= 0.6 is 0 Å². The Balaban J connectivity index is 1.57. The maximum Gasteiger partial charge on any atom is 0.0771 e. The van der Waals surface area contributed by atoms with Crippen LogP contribution in [-0.4, -0.2) is 84.1 Å². The van der Waals surface area contributed by atoms with E-state index in [0.717, 1.165) is 45.4 Å². The summed E-state index contributed by atoms with van der Waals surface area (Å²) in [5.74, 6) is 0.553. The van der Waals surface area contributed by atoms with Gasteiger partial charge in [-0.1, -0.05) is 6.92 Å². The second-order valence-electron chi connectivity index (χ2n) is 11.2. The van der Waals surface area contributed by atoms with E-state index in [4.69, 9.17) is 9.47 Å². The summed E-state index contributed by atoms with van der Waals surface area (Å²) in [6.07, 6.45) is 3.27. The topological polar surface area (TPSA) is 82.4 Å². The van der Waals surface area contributed by atoms with Crippen molar-refractivity contribution in [1.29, 1.82) is 0 Å². The van der Waals surface area contributed by atoms with E-state index in [-0.39, 0.29) is 52.8 Å². The Bertz CT molecular complexity index is 705. The van der Waals surface area contributed by atoms with Crippen molar-refractivity contribution in [2.24, 2.45) is 40.4 Å². The summed E-state index contributed by atoms with van der Waals surface area (Å²) in [6.45, 7) is 4.88. The van der Waals surface area contributed by atoms with Crippen LogP contribution in [0.15, 0.2) is 0 Å². The number of piperidine rings is 1. The minimum Gasteiger partial charge on any atom is -0.392 e. The van der Waals surface area contributed by atoms with Gasteiger partial charge >= 0.3 is 0 Å². The molecule has 0 unspecified atom stereocenters. The first-order valence-electron chi connectivity index (χ1n) is 11.7. The maximum absolute atomic E-state index is 12.2. The molecule has 7 bridgehead atoms. The Morgan fingerprint density at radius 3 is 2.62 bits per heavy atom. The van der Waals surface area contributed by atoms with Gasteiger partial charge in [-0.2, -0.15) is 0 Å². The molecule has 5 saturated carbocycles. The van der Waals surface area contributed by atoms with Gasteiger partial charge in [-0.25, -0.2) is 0 Å². The molecule has 0 amide bonds. The predicted molar refractivity (Wildman–Crippen MR) is 106 cm³/mol. The van der Waals surface area contributed by atoms with Gasteiger partial charge in [0.05, 0.1) is 30.5 Å². The molecule has 6 heteroatoms. The first-order chi connectivity index (χ1) is 13.9. The molecule has 0 aromatic heterocycles. The van der Waals surface area contributed by atoms with Crippen molar-refractivity contribution in [3.05, 3.63) is 0 Å². The van der Waals surface area contributed by atoms with Gasteiger partial charge in [-0.3, -0.25) is 4.90 Å². The average molecular weight is 408 g/mol. The molecule has 6 nitrogen and oxygen atoms in total. The average Bonchev–Trinajstić information content (AvgIpc) is 3.13. The molecule has 1 heterocycles. The van der Waals surface area contributed by atoms with Gasteiger partial charge in [0.2, 0.25) is 0 Å². The maximum atomic E-state index is 12.2. The number of likely N-dealkylation sites (tertiary alicyclic amines) is 1. The van der Waals surface area contributed by atoms with Crippen LogP contribution in [0.2, 0.25) is 0 Å². The number of aliphatic hydroxyl groups excluding tert-OH is 2. The summed E-state index contributed by atoms with van der Waals surface area (Å²) in [4.78, 5) is 2.57. The third-order valence-corrected chi connectivity index (χ3v) is 10.9. The summed E-state index contributed by atoms with van der Waals surface area (Å²) in [6, 6.07) is 0.200. The molecule has 6 aliphatic rings. The summed E-state index contributed by atoms with van der Waals surface area (Å²) < 4.78 is 11.6. The molecule has 6 rings (SSSR count). The summed E-state index contributed by atoms with van der Waals surface area (Å²) in [7, 11) is 3.52. The van der Waals surface area contributed by atoms with Gasteiger partial charge in [0.25, 0.3) is 0 Å². The molecular formula is C23H37NO5. The normalized spacial score (nSPS) is 62.5. The van der Waals surface area contributed by atoms with Crippen molar-refractivity contribution in [2.75, 3.05) is 33.9 Å². The van der Waals surface area contributed by atoms with Crippen LogP contribution in [0.3, 0.4) is 0 Å². The van der Waals surface area contributed by atoms with E-state index >= 15 is 0 Å². The van der Waals surface area contributed by atoms with Gasteiger partial charge in [-0.05, 0) is 44.1 Å². The van der Waals surface area contributed by atoms with Gasteiger partial charge in [0, 0.05) is 61.8 Å². The Labute approximate surface area is 173 Å². The highest BCUT2D eigenvalue weighted by Gasteiger charge is 2.83. The number of hydrogen-bond donors (Lipinski definition) is 3. The minimum atomic E-state index is -0.901. The molecule has 12 atom stereocenters. The lowest BCUT2D eigenvalue weighted by atomic mass is 9.43. The molecule has 0 aromatic carbocycles. The van der Waals surface area contributed by atoms with Crippen LogP contribution in [0.25, 0.3) is 0 Å². The zero-order chi connectivity index (χ0) is 20.3. The van der Waals surface area contributed by atoms with Crippen molar-refractivity contribution in [3.8, 4) is 0 Å².